The van der Waals surface area contributed by atoms with Gasteiger partial charge in [0.1, 0.15) is 0 Å². The monoisotopic (exact) mass is 316 g/mol. The number of carbonyl (C=O) groups is 1. The molecule has 0 fully saturated rings. The molecule has 0 aromatic rings. The zero-order valence-electron chi connectivity index (χ0n) is 13.9. The van der Waals surface area contributed by atoms with Crippen LogP contribution in [0.5, 0.6) is 0 Å². The second-order valence-corrected chi connectivity index (χ2v) is 5.73. The Morgan fingerprint density at radius 2 is 1.19 bits per heavy atom. The maximum atomic E-state index is 10.3. The van der Waals surface area contributed by atoms with Gasteiger partial charge < -0.3 is 5.11 Å². The lowest BCUT2D eigenvalue weighted by Crippen LogP contribution is -1.93. The number of carboxylic acid groups (broad SMARTS) is 1. The summed E-state index contributed by atoms with van der Waals surface area (Å²) in [6.07, 6.45) is 21.2. The molecule has 0 saturated carbocycles. The van der Waals surface area contributed by atoms with Crippen LogP contribution in [0.4, 0.5) is 0 Å². The van der Waals surface area contributed by atoms with Gasteiger partial charge in [-0.05, 0) is 32.1 Å². The van der Waals surface area contributed by atoms with E-state index in [4.69, 9.17) is 5.11 Å². The van der Waals surface area contributed by atoms with E-state index in [2.05, 4.69) is 19.1 Å². The Bertz CT molecular complexity index is 239. The fraction of sp³-hybridized carbons (Fsp3) is 0.833. The molecule has 0 aromatic heterocycles. The van der Waals surface area contributed by atoms with E-state index >= 15 is 0 Å². The first-order valence-corrected chi connectivity index (χ1v) is 8.64. The Balaban J connectivity index is 0. The summed E-state index contributed by atoms with van der Waals surface area (Å²) in [7, 11) is 0. The Kier molecular flexibility index (Phi) is 21.3. The smallest absolute Gasteiger partial charge is 0.303 e. The third-order valence-electron chi connectivity index (χ3n) is 3.65. The maximum Gasteiger partial charge on any atom is 0.303 e. The zero-order chi connectivity index (χ0) is 14.9. The molecule has 0 saturated heterocycles. The van der Waals surface area contributed by atoms with Gasteiger partial charge in [0.2, 0.25) is 0 Å². The molecule has 0 aromatic carbocycles. The van der Waals surface area contributed by atoms with Gasteiger partial charge in [-0.1, -0.05) is 70.4 Å². The summed E-state index contributed by atoms with van der Waals surface area (Å²) in [5.41, 5.74) is 0. The Hall–Kier alpha value is -0.440. The van der Waals surface area contributed by atoms with Gasteiger partial charge in [-0.3, -0.25) is 4.79 Å². The van der Waals surface area contributed by atoms with Crippen molar-refractivity contribution in [3.05, 3.63) is 12.2 Å². The lowest BCUT2D eigenvalue weighted by atomic mass is 10.1. The first-order valence-electron chi connectivity index (χ1n) is 8.64. The largest absolute Gasteiger partial charge is 0.481 e. The minimum Gasteiger partial charge on any atom is -0.481 e. The first kappa shape index (κ1) is 22.8. The number of rotatable bonds is 15. The molecule has 0 aliphatic heterocycles. The summed E-state index contributed by atoms with van der Waals surface area (Å²) in [6, 6.07) is 0. The molecule has 0 spiro atoms. The highest BCUT2D eigenvalue weighted by molar-refractivity contribution is 7.59. The number of hydrogen-bond donors (Lipinski definition) is 1. The summed E-state index contributed by atoms with van der Waals surface area (Å²) in [6.45, 7) is 2.26. The number of unbranched alkanes of at least 4 members (excludes halogenated alkanes) is 11. The van der Waals surface area contributed by atoms with Crippen molar-refractivity contribution in [2.24, 2.45) is 0 Å². The molecule has 0 unspecified atom stereocenters. The van der Waals surface area contributed by atoms with Crippen LogP contribution in [0, 0.1) is 0 Å². The minimum atomic E-state index is -0.664. The Morgan fingerprint density at radius 3 is 1.67 bits per heavy atom. The highest BCUT2D eigenvalue weighted by Crippen LogP contribution is 2.09. The van der Waals surface area contributed by atoms with E-state index in [-0.39, 0.29) is 13.5 Å². The van der Waals surface area contributed by atoms with Crippen LogP contribution in [-0.2, 0) is 4.79 Å². The molecule has 3 heteroatoms. The standard InChI is InChI=1S/C18H34O2.H2S/c1-2-3-4-5-6-7-8-9-10-11-12-13-14-15-16-17-18(19)20;/h9-10H,2-8,11-17H2,1H3,(H,19,20);1H2. The minimum absolute atomic E-state index is 0. The molecular weight excluding hydrogens is 280 g/mol. The third-order valence-corrected chi connectivity index (χ3v) is 3.65. The highest BCUT2D eigenvalue weighted by Gasteiger charge is 1.95. The van der Waals surface area contributed by atoms with E-state index in [1.165, 1.54) is 70.6 Å². The molecule has 1 N–H and O–H groups in total. The predicted molar refractivity (Wildman–Crippen MR) is 97.5 cm³/mol. The highest BCUT2D eigenvalue weighted by atomic mass is 32.1. The van der Waals surface area contributed by atoms with Gasteiger partial charge in [-0.15, -0.1) is 0 Å². The molecular formula is C18H36O2S. The van der Waals surface area contributed by atoms with Gasteiger partial charge in [0.15, 0.2) is 0 Å². The second-order valence-electron chi connectivity index (χ2n) is 5.73. The molecule has 126 valence electrons. The van der Waals surface area contributed by atoms with Gasteiger partial charge in [-0.25, -0.2) is 0 Å². The van der Waals surface area contributed by atoms with Crippen molar-refractivity contribution >= 4 is 19.5 Å². The topological polar surface area (TPSA) is 37.3 Å². The SMILES string of the molecule is CCCCCCCCC=CCCCCCCCC(=O)O.S. The number of allylic oxidation sites excluding steroid dienone is 2. The van der Waals surface area contributed by atoms with E-state index < -0.39 is 5.97 Å². The quantitative estimate of drug-likeness (QED) is 0.287. The summed E-state index contributed by atoms with van der Waals surface area (Å²) in [4.78, 5) is 10.3. The Labute approximate surface area is 138 Å². The van der Waals surface area contributed by atoms with E-state index in [1.807, 2.05) is 0 Å². The molecule has 21 heavy (non-hydrogen) atoms. The van der Waals surface area contributed by atoms with Gasteiger partial charge >= 0.3 is 5.97 Å². The van der Waals surface area contributed by atoms with E-state index in [9.17, 15) is 4.79 Å². The maximum absolute atomic E-state index is 10.3. The molecule has 0 heterocycles. The van der Waals surface area contributed by atoms with Crippen molar-refractivity contribution in [1.29, 1.82) is 0 Å². The van der Waals surface area contributed by atoms with E-state index in [1.54, 1.807) is 0 Å². The number of hydrogen-bond acceptors (Lipinski definition) is 1. The van der Waals surface area contributed by atoms with Crippen LogP contribution >= 0.6 is 13.5 Å². The average molecular weight is 317 g/mol. The van der Waals surface area contributed by atoms with Crippen molar-refractivity contribution in [3.8, 4) is 0 Å². The summed E-state index contributed by atoms with van der Waals surface area (Å²) >= 11 is 0. The fourth-order valence-corrected chi connectivity index (χ4v) is 2.35. The predicted octanol–water partition coefficient (Wildman–Crippen LogP) is 6.22. The summed E-state index contributed by atoms with van der Waals surface area (Å²) < 4.78 is 0. The lowest BCUT2D eigenvalue weighted by molar-refractivity contribution is -0.137. The molecule has 0 aliphatic rings. The van der Waals surface area contributed by atoms with Crippen LogP contribution in [-0.4, -0.2) is 11.1 Å². The van der Waals surface area contributed by atoms with Crippen molar-refractivity contribution < 1.29 is 9.90 Å². The van der Waals surface area contributed by atoms with Gasteiger partial charge in [0.25, 0.3) is 0 Å². The van der Waals surface area contributed by atoms with Crippen LogP contribution in [0.15, 0.2) is 12.2 Å². The first-order chi connectivity index (χ1) is 9.77. The normalized spacial score (nSPS) is 10.7. The zero-order valence-corrected chi connectivity index (χ0v) is 14.9. The molecule has 0 atom stereocenters. The molecule has 0 radical (unpaired) electrons. The van der Waals surface area contributed by atoms with Gasteiger partial charge in [0.05, 0.1) is 0 Å². The molecule has 0 rings (SSSR count). The van der Waals surface area contributed by atoms with Crippen LogP contribution < -0.4 is 0 Å². The Morgan fingerprint density at radius 1 is 0.762 bits per heavy atom. The summed E-state index contributed by atoms with van der Waals surface area (Å²) in [5, 5.41) is 8.51. The van der Waals surface area contributed by atoms with Gasteiger partial charge in [0, 0.05) is 6.42 Å². The molecule has 2 nitrogen and oxygen atoms in total. The summed E-state index contributed by atoms with van der Waals surface area (Å²) in [5.74, 6) is -0.664. The third kappa shape index (κ3) is 22.0. The molecule has 0 amide bonds. The van der Waals surface area contributed by atoms with Crippen LogP contribution in [0.1, 0.15) is 96.8 Å². The van der Waals surface area contributed by atoms with Crippen molar-refractivity contribution in [2.75, 3.05) is 0 Å². The van der Waals surface area contributed by atoms with Crippen molar-refractivity contribution in [2.45, 2.75) is 96.8 Å². The van der Waals surface area contributed by atoms with Crippen LogP contribution in [0.25, 0.3) is 0 Å². The van der Waals surface area contributed by atoms with E-state index in [0.29, 0.717) is 6.42 Å². The second kappa shape index (κ2) is 19.6. The van der Waals surface area contributed by atoms with Crippen molar-refractivity contribution in [3.63, 3.8) is 0 Å². The fourth-order valence-electron chi connectivity index (χ4n) is 2.35. The number of carboxylic acids is 1. The van der Waals surface area contributed by atoms with Crippen LogP contribution in [0.2, 0.25) is 0 Å². The van der Waals surface area contributed by atoms with E-state index in [0.717, 1.165) is 12.8 Å². The lowest BCUT2D eigenvalue weighted by Gasteiger charge is -1.99. The number of aliphatic carboxylic acids is 1. The average Bonchev–Trinajstić information content (AvgIpc) is 2.43. The molecule has 0 bridgehead atoms. The molecule has 0 aliphatic carbocycles. The van der Waals surface area contributed by atoms with Gasteiger partial charge in [-0.2, -0.15) is 13.5 Å². The van der Waals surface area contributed by atoms with Crippen molar-refractivity contribution in [1.82, 2.24) is 0 Å². The van der Waals surface area contributed by atoms with Crippen LogP contribution in [0.3, 0.4) is 0 Å².